The van der Waals surface area contributed by atoms with Crippen molar-refractivity contribution in [2.45, 2.75) is 90.6 Å². The first kappa shape index (κ1) is 26.3. The van der Waals surface area contributed by atoms with Crippen LogP contribution in [0.4, 0.5) is 0 Å². The number of aliphatic hydroxyl groups excluding tert-OH is 1. The minimum atomic E-state index is -1.92. The summed E-state index contributed by atoms with van der Waals surface area (Å²) in [5.41, 5.74) is -0.331. The number of ether oxygens (including phenoxy) is 1. The minimum Gasteiger partial charge on any atom is -0.417 e. The smallest absolute Gasteiger partial charge is 0.191 e. The van der Waals surface area contributed by atoms with Crippen molar-refractivity contribution in [2.24, 2.45) is 16.7 Å². The van der Waals surface area contributed by atoms with Crippen LogP contribution < -0.4 is 0 Å². The van der Waals surface area contributed by atoms with Crippen LogP contribution in [0.5, 0.6) is 0 Å². The predicted molar refractivity (Wildman–Crippen MR) is 137 cm³/mol. The molecule has 2 aliphatic rings. The molecule has 0 aromatic heterocycles. The molecule has 4 nitrogen and oxygen atoms in total. The molecule has 2 aliphatic carbocycles. The SMILES string of the molecule is CC1(C)C2CCC1(/C=C/[C@](CO)(CCO[Si](C)(C)C(C)(C)C)OCc1ccccc1)C(=O)C2. The number of hydrogen-bond donors (Lipinski definition) is 1. The number of rotatable bonds is 10. The Labute approximate surface area is 201 Å². The Morgan fingerprint density at radius 2 is 1.85 bits per heavy atom. The quantitative estimate of drug-likeness (QED) is 0.321. The lowest BCUT2D eigenvalue weighted by molar-refractivity contribution is -0.126. The summed E-state index contributed by atoms with van der Waals surface area (Å²) in [5.74, 6) is 0.790. The van der Waals surface area contributed by atoms with Gasteiger partial charge in [0, 0.05) is 19.4 Å². The zero-order valence-electron chi connectivity index (χ0n) is 21.7. The first-order valence-electron chi connectivity index (χ1n) is 12.5. The minimum absolute atomic E-state index is 0.0567. The highest BCUT2D eigenvalue weighted by molar-refractivity contribution is 6.74. The Kier molecular flexibility index (Phi) is 7.51. The lowest BCUT2D eigenvalue weighted by Crippen LogP contribution is -2.43. The monoisotopic (exact) mass is 472 g/mol. The van der Waals surface area contributed by atoms with Gasteiger partial charge < -0.3 is 14.3 Å². The summed E-state index contributed by atoms with van der Waals surface area (Å²) >= 11 is 0. The fourth-order valence-corrected chi connectivity index (χ4v) is 6.32. The van der Waals surface area contributed by atoms with Crippen molar-refractivity contribution in [3.63, 3.8) is 0 Å². The van der Waals surface area contributed by atoms with E-state index in [9.17, 15) is 9.90 Å². The molecule has 5 heteroatoms. The maximum absolute atomic E-state index is 13.0. The molecule has 0 aliphatic heterocycles. The first-order valence-corrected chi connectivity index (χ1v) is 15.4. The molecule has 2 unspecified atom stereocenters. The molecule has 0 saturated heterocycles. The summed E-state index contributed by atoms with van der Waals surface area (Å²) in [6, 6.07) is 10.0. The molecule has 1 aromatic carbocycles. The number of carbonyl (C=O) groups excluding carboxylic acids is 1. The molecule has 0 radical (unpaired) electrons. The van der Waals surface area contributed by atoms with Crippen LogP contribution >= 0.6 is 0 Å². The summed E-state index contributed by atoms with van der Waals surface area (Å²) in [6.07, 6.45) is 7.29. The van der Waals surface area contributed by atoms with Crippen LogP contribution in [0.2, 0.25) is 18.1 Å². The molecular formula is C28H44O4Si. The van der Waals surface area contributed by atoms with Gasteiger partial charge in [-0.05, 0) is 47.9 Å². The first-order chi connectivity index (χ1) is 15.3. The third-order valence-electron chi connectivity index (χ3n) is 9.09. The van der Waals surface area contributed by atoms with Gasteiger partial charge in [-0.25, -0.2) is 0 Å². The largest absolute Gasteiger partial charge is 0.417 e. The van der Waals surface area contributed by atoms with Gasteiger partial charge in [-0.3, -0.25) is 4.79 Å². The second kappa shape index (κ2) is 9.41. The van der Waals surface area contributed by atoms with Crippen LogP contribution in [-0.2, 0) is 20.6 Å². The Morgan fingerprint density at radius 3 is 2.36 bits per heavy atom. The summed E-state index contributed by atoms with van der Waals surface area (Å²) in [7, 11) is -1.92. The van der Waals surface area contributed by atoms with E-state index in [4.69, 9.17) is 9.16 Å². The van der Waals surface area contributed by atoms with E-state index in [0.717, 1.165) is 18.4 Å². The molecule has 0 amide bonds. The summed E-state index contributed by atoms with van der Waals surface area (Å²) < 4.78 is 12.9. The highest BCUT2D eigenvalue weighted by Gasteiger charge is 2.62. The van der Waals surface area contributed by atoms with E-state index in [0.29, 0.717) is 37.8 Å². The number of ketones is 1. The molecule has 184 valence electrons. The number of fused-ring (bicyclic) bond motifs is 2. The molecule has 2 bridgehead atoms. The van der Waals surface area contributed by atoms with E-state index >= 15 is 0 Å². The molecule has 1 aromatic rings. The predicted octanol–water partition coefficient (Wildman–Crippen LogP) is 6.30. The van der Waals surface area contributed by atoms with Crippen LogP contribution in [0.1, 0.15) is 65.9 Å². The van der Waals surface area contributed by atoms with Gasteiger partial charge in [0.05, 0.1) is 18.6 Å². The number of benzene rings is 1. The van der Waals surface area contributed by atoms with E-state index < -0.39 is 19.3 Å². The number of Topliss-reactive ketones (excluding diaryl/α,β-unsaturated/α-hetero) is 1. The fraction of sp³-hybridized carbons (Fsp3) is 0.679. The van der Waals surface area contributed by atoms with Crippen LogP contribution in [0.15, 0.2) is 42.5 Å². The summed E-state index contributed by atoms with van der Waals surface area (Å²) in [5, 5.41) is 10.7. The van der Waals surface area contributed by atoms with Crippen molar-refractivity contribution in [1.82, 2.24) is 0 Å². The number of carbonyl (C=O) groups is 1. The van der Waals surface area contributed by atoms with Gasteiger partial charge >= 0.3 is 0 Å². The van der Waals surface area contributed by atoms with Crippen LogP contribution in [0, 0.1) is 16.7 Å². The van der Waals surface area contributed by atoms with Crippen LogP contribution in [0.25, 0.3) is 0 Å². The normalized spacial score (nSPS) is 26.8. The average molecular weight is 473 g/mol. The number of hydrogen-bond acceptors (Lipinski definition) is 4. The van der Waals surface area contributed by atoms with E-state index in [1.54, 1.807) is 0 Å². The standard InChI is InChI=1S/C28H44O4Si/c1-25(2,3)33(6,7)32-18-17-27(21-29,31-20-22-11-9-8-10-12-22)15-16-28-14-13-23(19-24(28)30)26(28,4)5/h8-12,15-16,23,29H,13-14,17-21H2,1-7H3/b16-15+/t23?,27-,28?/m1/s1. The van der Waals surface area contributed by atoms with Crippen LogP contribution in [0.3, 0.4) is 0 Å². The second-order valence-electron chi connectivity index (χ2n) is 12.2. The molecule has 3 atom stereocenters. The van der Waals surface area contributed by atoms with Crippen molar-refractivity contribution >= 4 is 14.1 Å². The van der Waals surface area contributed by atoms with Crippen LogP contribution in [-0.4, -0.2) is 38.0 Å². The van der Waals surface area contributed by atoms with Gasteiger partial charge in [-0.15, -0.1) is 0 Å². The van der Waals surface area contributed by atoms with Gasteiger partial charge in [0.1, 0.15) is 11.4 Å². The zero-order valence-corrected chi connectivity index (χ0v) is 22.7. The Hall–Kier alpha value is -1.27. The lowest BCUT2D eigenvalue weighted by Gasteiger charge is -2.38. The molecule has 0 heterocycles. The second-order valence-corrected chi connectivity index (χ2v) is 17.1. The van der Waals surface area contributed by atoms with Gasteiger partial charge in [0.15, 0.2) is 8.32 Å². The summed E-state index contributed by atoms with van der Waals surface area (Å²) in [6.45, 7) is 16.4. The molecule has 33 heavy (non-hydrogen) atoms. The van der Waals surface area contributed by atoms with E-state index in [2.05, 4.69) is 53.8 Å². The van der Waals surface area contributed by atoms with Gasteiger partial charge in [-0.1, -0.05) is 77.1 Å². The average Bonchev–Trinajstić information content (AvgIpc) is 3.10. The summed E-state index contributed by atoms with van der Waals surface area (Å²) in [4.78, 5) is 13.0. The van der Waals surface area contributed by atoms with E-state index in [1.165, 1.54) is 0 Å². The zero-order chi connectivity index (χ0) is 24.5. The van der Waals surface area contributed by atoms with Gasteiger partial charge in [0.2, 0.25) is 0 Å². The topological polar surface area (TPSA) is 55.8 Å². The van der Waals surface area contributed by atoms with Crippen molar-refractivity contribution < 1.29 is 19.1 Å². The van der Waals surface area contributed by atoms with E-state index in [-0.39, 0.29) is 17.1 Å². The number of aliphatic hydroxyl groups is 1. The Balaban J connectivity index is 1.84. The van der Waals surface area contributed by atoms with Gasteiger partial charge in [-0.2, -0.15) is 0 Å². The van der Waals surface area contributed by atoms with Crippen molar-refractivity contribution in [3.05, 3.63) is 48.0 Å². The molecular weight excluding hydrogens is 428 g/mol. The molecule has 3 rings (SSSR count). The number of allylic oxidation sites excluding steroid dienone is 1. The molecule has 2 fully saturated rings. The fourth-order valence-electron chi connectivity index (χ4n) is 5.27. The van der Waals surface area contributed by atoms with Gasteiger partial charge in [0.25, 0.3) is 0 Å². The van der Waals surface area contributed by atoms with Crippen molar-refractivity contribution in [1.29, 1.82) is 0 Å². The molecule has 1 N–H and O–H groups in total. The Morgan fingerprint density at radius 1 is 1.18 bits per heavy atom. The highest BCUT2D eigenvalue weighted by atomic mass is 28.4. The molecule has 2 saturated carbocycles. The maximum atomic E-state index is 13.0. The van der Waals surface area contributed by atoms with Crippen molar-refractivity contribution in [2.75, 3.05) is 13.2 Å². The third-order valence-corrected chi connectivity index (χ3v) is 13.6. The lowest BCUT2D eigenvalue weighted by atomic mass is 9.68. The third kappa shape index (κ3) is 5.07. The van der Waals surface area contributed by atoms with Crippen molar-refractivity contribution in [3.8, 4) is 0 Å². The van der Waals surface area contributed by atoms with E-state index in [1.807, 2.05) is 36.4 Å². The molecule has 0 spiro atoms. The Bertz CT molecular complexity index is 854. The highest BCUT2D eigenvalue weighted by Crippen LogP contribution is 2.64. The maximum Gasteiger partial charge on any atom is 0.191 e.